The molecule has 0 saturated heterocycles. The predicted molar refractivity (Wildman–Crippen MR) is 74.5 cm³/mol. The molecule has 5 heteroatoms. The van der Waals surface area contributed by atoms with Gasteiger partial charge in [-0.2, -0.15) is 0 Å². The van der Waals surface area contributed by atoms with Crippen molar-refractivity contribution in [2.24, 2.45) is 0 Å². The Balaban J connectivity index is 2.20. The molecule has 5 nitrogen and oxygen atoms in total. The van der Waals surface area contributed by atoms with Crippen molar-refractivity contribution in [1.29, 1.82) is 0 Å². The van der Waals surface area contributed by atoms with Crippen LogP contribution in [0.2, 0.25) is 0 Å². The zero-order valence-corrected chi connectivity index (χ0v) is 11.4. The highest BCUT2D eigenvalue weighted by Gasteiger charge is 2.32. The van der Waals surface area contributed by atoms with Crippen molar-refractivity contribution in [2.45, 2.75) is 38.2 Å². The van der Waals surface area contributed by atoms with Gasteiger partial charge < -0.3 is 10.0 Å². The standard InChI is InChI=1S/C14H20N2O3/c1-11-5-6-12(16(18)19)9-13(11)15(2)10-14(17)7-3-4-8-14/h5-6,9,17H,3-4,7-8,10H2,1-2H3. The number of aryl methyl sites for hydroxylation is 1. The van der Waals surface area contributed by atoms with Crippen molar-refractivity contribution in [2.75, 3.05) is 18.5 Å². The van der Waals surface area contributed by atoms with Gasteiger partial charge >= 0.3 is 0 Å². The van der Waals surface area contributed by atoms with Gasteiger partial charge in [0.15, 0.2) is 0 Å². The second kappa shape index (κ2) is 5.17. The first-order valence-electron chi connectivity index (χ1n) is 6.60. The number of nitro groups is 1. The van der Waals surface area contributed by atoms with Crippen molar-refractivity contribution >= 4 is 11.4 Å². The molecule has 1 aliphatic carbocycles. The Morgan fingerprint density at radius 3 is 2.63 bits per heavy atom. The van der Waals surface area contributed by atoms with Crippen LogP contribution in [-0.2, 0) is 0 Å². The lowest BCUT2D eigenvalue weighted by Crippen LogP contribution is -2.39. The fourth-order valence-corrected chi connectivity index (χ4v) is 2.84. The van der Waals surface area contributed by atoms with Gasteiger partial charge in [-0.1, -0.05) is 18.9 Å². The molecule has 104 valence electrons. The molecule has 1 aromatic rings. The van der Waals surface area contributed by atoms with Crippen LogP contribution >= 0.6 is 0 Å². The van der Waals surface area contributed by atoms with E-state index in [-0.39, 0.29) is 10.6 Å². The second-order valence-corrected chi connectivity index (χ2v) is 5.52. The number of rotatable bonds is 4. The topological polar surface area (TPSA) is 66.6 Å². The minimum absolute atomic E-state index is 0.0888. The number of anilines is 1. The van der Waals surface area contributed by atoms with Crippen LogP contribution < -0.4 is 4.90 Å². The van der Waals surface area contributed by atoms with E-state index in [2.05, 4.69) is 0 Å². The molecule has 1 aromatic carbocycles. The van der Waals surface area contributed by atoms with Crippen LogP contribution in [0.5, 0.6) is 0 Å². The molecule has 1 fully saturated rings. The van der Waals surface area contributed by atoms with E-state index >= 15 is 0 Å². The van der Waals surface area contributed by atoms with Crippen LogP contribution in [0.3, 0.4) is 0 Å². The summed E-state index contributed by atoms with van der Waals surface area (Å²) in [6.07, 6.45) is 3.73. The fourth-order valence-electron chi connectivity index (χ4n) is 2.84. The quantitative estimate of drug-likeness (QED) is 0.670. The number of aliphatic hydroxyl groups is 1. The number of hydrogen-bond donors (Lipinski definition) is 1. The molecule has 1 aliphatic rings. The van der Waals surface area contributed by atoms with Crippen molar-refractivity contribution in [3.8, 4) is 0 Å². The highest BCUT2D eigenvalue weighted by atomic mass is 16.6. The summed E-state index contributed by atoms with van der Waals surface area (Å²) in [5.41, 5.74) is 1.24. The van der Waals surface area contributed by atoms with E-state index < -0.39 is 5.60 Å². The summed E-state index contributed by atoms with van der Waals surface area (Å²) in [6, 6.07) is 4.84. The lowest BCUT2D eigenvalue weighted by atomic mass is 10.0. The molecule has 0 spiro atoms. The van der Waals surface area contributed by atoms with Crippen molar-refractivity contribution in [3.63, 3.8) is 0 Å². The van der Waals surface area contributed by atoms with Crippen LogP contribution in [0.15, 0.2) is 18.2 Å². The molecular weight excluding hydrogens is 244 g/mol. The summed E-state index contributed by atoms with van der Waals surface area (Å²) in [6.45, 7) is 2.45. The summed E-state index contributed by atoms with van der Waals surface area (Å²) in [4.78, 5) is 12.4. The third-order valence-corrected chi connectivity index (χ3v) is 3.88. The van der Waals surface area contributed by atoms with E-state index in [4.69, 9.17) is 0 Å². The number of nitro benzene ring substituents is 1. The monoisotopic (exact) mass is 264 g/mol. The molecule has 1 N–H and O–H groups in total. The van der Waals surface area contributed by atoms with Gasteiger partial charge in [-0.3, -0.25) is 10.1 Å². The summed E-state index contributed by atoms with van der Waals surface area (Å²) in [5, 5.41) is 21.2. The first-order valence-corrected chi connectivity index (χ1v) is 6.60. The molecule has 1 saturated carbocycles. The average Bonchev–Trinajstić information content (AvgIpc) is 2.75. The van der Waals surface area contributed by atoms with E-state index in [1.54, 1.807) is 12.1 Å². The molecule has 19 heavy (non-hydrogen) atoms. The molecule has 0 bridgehead atoms. The molecule has 2 rings (SSSR count). The zero-order valence-electron chi connectivity index (χ0n) is 11.4. The minimum atomic E-state index is -0.647. The van der Waals surface area contributed by atoms with Crippen LogP contribution in [0.1, 0.15) is 31.2 Å². The Bertz CT molecular complexity index is 482. The zero-order chi connectivity index (χ0) is 14.0. The smallest absolute Gasteiger partial charge is 0.271 e. The van der Waals surface area contributed by atoms with Gasteiger partial charge in [0.1, 0.15) is 0 Å². The third-order valence-electron chi connectivity index (χ3n) is 3.88. The normalized spacial score (nSPS) is 17.4. The molecule has 0 radical (unpaired) electrons. The largest absolute Gasteiger partial charge is 0.388 e. The van der Waals surface area contributed by atoms with E-state index in [1.165, 1.54) is 6.07 Å². The predicted octanol–water partition coefficient (Wildman–Crippen LogP) is 2.64. The first kappa shape index (κ1) is 13.8. The summed E-state index contributed by atoms with van der Waals surface area (Å²) < 4.78 is 0. The summed E-state index contributed by atoms with van der Waals surface area (Å²) >= 11 is 0. The number of non-ortho nitro benzene ring substituents is 1. The van der Waals surface area contributed by atoms with E-state index in [0.717, 1.165) is 36.9 Å². The van der Waals surface area contributed by atoms with Crippen LogP contribution in [-0.4, -0.2) is 29.2 Å². The Kier molecular flexibility index (Phi) is 3.75. The maximum Gasteiger partial charge on any atom is 0.271 e. The first-order chi connectivity index (χ1) is 8.91. The van der Waals surface area contributed by atoms with Gasteiger partial charge in [-0.15, -0.1) is 0 Å². The van der Waals surface area contributed by atoms with Gasteiger partial charge in [0.2, 0.25) is 0 Å². The van der Waals surface area contributed by atoms with Gasteiger partial charge in [0.05, 0.1) is 10.5 Å². The lowest BCUT2D eigenvalue weighted by molar-refractivity contribution is -0.384. The molecule has 0 aromatic heterocycles. The second-order valence-electron chi connectivity index (χ2n) is 5.52. The molecule has 0 unspecified atom stereocenters. The van der Waals surface area contributed by atoms with E-state index in [0.29, 0.717) is 6.54 Å². The van der Waals surface area contributed by atoms with Crippen molar-refractivity contribution in [1.82, 2.24) is 0 Å². The lowest BCUT2D eigenvalue weighted by Gasteiger charge is -2.30. The highest BCUT2D eigenvalue weighted by Crippen LogP contribution is 2.32. The van der Waals surface area contributed by atoms with Gasteiger partial charge in [-0.25, -0.2) is 0 Å². The fraction of sp³-hybridized carbons (Fsp3) is 0.571. The Hall–Kier alpha value is -1.62. The van der Waals surface area contributed by atoms with Gasteiger partial charge in [0, 0.05) is 31.4 Å². The average molecular weight is 264 g/mol. The molecule has 0 amide bonds. The van der Waals surface area contributed by atoms with Crippen LogP contribution in [0.4, 0.5) is 11.4 Å². The number of hydrogen-bond acceptors (Lipinski definition) is 4. The van der Waals surface area contributed by atoms with Crippen molar-refractivity contribution < 1.29 is 10.0 Å². The maximum absolute atomic E-state index is 10.8. The van der Waals surface area contributed by atoms with Gasteiger partial charge in [-0.05, 0) is 25.3 Å². The summed E-state index contributed by atoms with van der Waals surface area (Å²) in [7, 11) is 1.88. The Labute approximate surface area is 113 Å². The molecule has 0 atom stereocenters. The van der Waals surface area contributed by atoms with Crippen molar-refractivity contribution in [3.05, 3.63) is 33.9 Å². The van der Waals surface area contributed by atoms with Gasteiger partial charge in [0.25, 0.3) is 5.69 Å². The number of likely N-dealkylation sites (N-methyl/N-ethyl adjacent to an activating group) is 1. The maximum atomic E-state index is 10.8. The third kappa shape index (κ3) is 3.04. The number of nitrogens with zero attached hydrogens (tertiary/aromatic N) is 2. The molecular formula is C14H20N2O3. The van der Waals surface area contributed by atoms with E-state index in [1.807, 2.05) is 18.9 Å². The number of benzene rings is 1. The van der Waals surface area contributed by atoms with Crippen LogP contribution in [0.25, 0.3) is 0 Å². The summed E-state index contributed by atoms with van der Waals surface area (Å²) in [5.74, 6) is 0. The SMILES string of the molecule is Cc1ccc([N+](=O)[O-])cc1N(C)CC1(O)CCCC1. The Morgan fingerprint density at radius 1 is 1.42 bits per heavy atom. The minimum Gasteiger partial charge on any atom is -0.388 e. The van der Waals surface area contributed by atoms with Crippen LogP contribution in [0, 0.1) is 17.0 Å². The Morgan fingerprint density at radius 2 is 2.05 bits per heavy atom. The van der Waals surface area contributed by atoms with E-state index in [9.17, 15) is 15.2 Å². The highest BCUT2D eigenvalue weighted by molar-refractivity contribution is 5.58. The molecule has 0 aliphatic heterocycles. The molecule has 0 heterocycles.